The Kier molecular flexibility index (Phi) is 5.97. The predicted octanol–water partition coefficient (Wildman–Crippen LogP) is 2.62. The third kappa shape index (κ3) is 4.48. The Morgan fingerprint density at radius 3 is 2.22 bits per heavy atom. The second-order valence-corrected chi connectivity index (χ2v) is 8.27. The van der Waals surface area contributed by atoms with Gasteiger partial charge in [0, 0.05) is 26.1 Å². The van der Waals surface area contributed by atoms with Crippen LogP contribution < -0.4 is 5.73 Å². The fourth-order valence-electron chi connectivity index (χ4n) is 4.88. The SMILES string of the molecule is NCC1(CC(=O)N2CCC(CN3CCCC3)CC2)CCCCC1. The molecule has 23 heavy (non-hydrogen) atoms. The highest BCUT2D eigenvalue weighted by molar-refractivity contribution is 5.77. The Morgan fingerprint density at radius 2 is 1.61 bits per heavy atom. The number of piperidine rings is 1. The zero-order chi connectivity index (χ0) is 16.1. The number of carbonyl (C=O) groups is 1. The van der Waals surface area contributed by atoms with Gasteiger partial charge in [-0.05, 0) is 69.5 Å². The molecule has 0 spiro atoms. The fourth-order valence-corrected chi connectivity index (χ4v) is 4.88. The van der Waals surface area contributed by atoms with Gasteiger partial charge in [0.05, 0.1) is 0 Å². The maximum absolute atomic E-state index is 12.7. The molecule has 132 valence electrons. The molecule has 1 amide bonds. The van der Waals surface area contributed by atoms with E-state index < -0.39 is 0 Å². The Labute approximate surface area is 141 Å². The number of nitrogens with zero attached hydrogens (tertiary/aromatic N) is 2. The van der Waals surface area contributed by atoms with Crippen LogP contribution in [0.4, 0.5) is 0 Å². The van der Waals surface area contributed by atoms with Crippen molar-refractivity contribution < 1.29 is 4.79 Å². The second-order valence-electron chi connectivity index (χ2n) is 8.27. The van der Waals surface area contributed by atoms with Crippen LogP contribution in [0.1, 0.15) is 64.2 Å². The van der Waals surface area contributed by atoms with Gasteiger partial charge in [0.2, 0.25) is 5.91 Å². The predicted molar refractivity (Wildman–Crippen MR) is 94.2 cm³/mol. The lowest BCUT2D eigenvalue weighted by Crippen LogP contribution is -2.44. The molecule has 2 aliphatic heterocycles. The minimum Gasteiger partial charge on any atom is -0.343 e. The Bertz CT molecular complexity index is 378. The number of likely N-dealkylation sites (tertiary alicyclic amines) is 2. The number of nitrogens with two attached hydrogens (primary N) is 1. The van der Waals surface area contributed by atoms with Crippen molar-refractivity contribution in [3.8, 4) is 0 Å². The van der Waals surface area contributed by atoms with Gasteiger partial charge in [-0.3, -0.25) is 4.79 Å². The van der Waals surface area contributed by atoms with Gasteiger partial charge >= 0.3 is 0 Å². The lowest BCUT2D eigenvalue weighted by Gasteiger charge is -2.39. The summed E-state index contributed by atoms with van der Waals surface area (Å²) < 4.78 is 0. The molecule has 0 atom stereocenters. The molecule has 1 aliphatic carbocycles. The summed E-state index contributed by atoms with van der Waals surface area (Å²) in [5.41, 5.74) is 6.17. The van der Waals surface area contributed by atoms with Crippen molar-refractivity contribution in [3.05, 3.63) is 0 Å². The number of hydrogen-bond donors (Lipinski definition) is 1. The lowest BCUT2D eigenvalue weighted by molar-refractivity contribution is -0.135. The number of rotatable bonds is 5. The molecule has 3 fully saturated rings. The summed E-state index contributed by atoms with van der Waals surface area (Å²) >= 11 is 0. The zero-order valence-corrected chi connectivity index (χ0v) is 14.8. The third-order valence-electron chi connectivity index (χ3n) is 6.56. The summed E-state index contributed by atoms with van der Waals surface area (Å²) in [6, 6.07) is 0. The van der Waals surface area contributed by atoms with Crippen LogP contribution in [0, 0.1) is 11.3 Å². The van der Waals surface area contributed by atoms with Crippen LogP contribution in [-0.4, -0.2) is 55.0 Å². The molecule has 0 aromatic heterocycles. The van der Waals surface area contributed by atoms with Crippen LogP contribution in [0.5, 0.6) is 0 Å². The summed E-state index contributed by atoms with van der Waals surface area (Å²) in [6.07, 6.45) is 12.0. The molecule has 1 saturated carbocycles. The Balaban J connectivity index is 1.44. The van der Waals surface area contributed by atoms with Crippen LogP contribution in [0.25, 0.3) is 0 Å². The smallest absolute Gasteiger partial charge is 0.223 e. The lowest BCUT2D eigenvalue weighted by atomic mass is 9.71. The second kappa shape index (κ2) is 7.98. The average molecular weight is 322 g/mol. The van der Waals surface area contributed by atoms with Crippen molar-refractivity contribution >= 4 is 5.91 Å². The first kappa shape index (κ1) is 17.2. The fraction of sp³-hybridized carbons (Fsp3) is 0.947. The van der Waals surface area contributed by atoms with E-state index in [2.05, 4.69) is 9.80 Å². The summed E-state index contributed by atoms with van der Waals surface area (Å²) in [4.78, 5) is 17.5. The van der Waals surface area contributed by atoms with Gasteiger partial charge in [-0.2, -0.15) is 0 Å². The molecule has 0 aromatic rings. The number of amides is 1. The monoisotopic (exact) mass is 321 g/mol. The van der Waals surface area contributed by atoms with E-state index in [9.17, 15) is 4.79 Å². The molecule has 2 heterocycles. The van der Waals surface area contributed by atoms with Crippen LogP contribution in [0.2, 0.25) is 0 Å². The maximum atomic E-state index is 12.7. The van der Waals surface area contributed by atoms with E-state index in [1.54, 1.807) is 0 Å². The molecule has 4 nitrogen and oxygen atoms in total. The first-order chi connectivity index (χ1) is 11.2. The van der Waals surface area contributed by atoms with E-state index >= 15 is 0 Å². The topological polar surface area (TPSA) is 49.6 Å². The molecule has 0 bridgehead atoms. The van der Waals surface area contributed by atoms with E-state index in [0.29, 0.717) is 18.9 Å². The molecule has 3 aliphatic rings. The minimum absolute atomic E-state index is 0.113. The van der Waals surface area contributed by atoms with Crippen molar-refractivity contribution in [2.45, 2.75) is 64.2 Å². The highest BCUT2D eigenvalue weighted by atomic mass is 16.2. The van der Waals surface area contributed by atoms with Crippen LogP contribution in [0.15, 0.2) is 0 Å². The molecule has 0 aromatic carbocycles. The van der Waals surface area contributed by atoms with E-state index in [0.717, 1.165) is 31.8 Å². The van der Waals surface area contributed by atoms with Gasteiger partial charge in [-0.25, -0.2) is 0 Å². The van der Waals surface area contributed by atoms with Crippen molar-refractivity contribution in [3.63, 3.8) is 0 Å². The normalized spacial score (nSPS) is 26.6. The highest BCUT2D eigenvalue weighted by Crippen LogP contribution is 2.39. The molecule has 2 N–H and O–H groups in total. The van der Waals surface area contributed by atoms with Gasteiger partial charge in [0.25, 0.3) is 0 Å². The average Bonchev–Trinajstić information content (AvgIpc) is 3.09. The maximum Gasteiger partial charge on any atom is 0.223 e. The van der Waals surface area contributed by atoms with Crippen molar-refractivity contribution in [2.24, 2.45) is 17.1 Å². The Hall–Kier alpha value is -0.610. The summed E-state index contributed by atoms with van der Waals surface area (Å²) in [5, 5.41) is 0. The van der Waals surface area contributed by atoms with E-state index in [-0.39, 0.29) is 5.41 Å². The third-order valence-corrected chi connectivity index (χ3v) is 6.56. The van der Waals surface area contributed by atoms with E-state index in [1.165, 1.54) is 64.6 Å². The molecular formula is C19H35N3O. The van der Waals surface area contributed by atoms with Gasteiger partial charge < -0.3 is 15.5 Å². The van der Waals surface area contributed by atoms with E-state index in [1.807, 2.05) is 0 Å². The van der Waals surface area contributed by atoms with Gasteiger partial charge in [0.1, 0.15) is 0 Å². The minimum atomic E-state index is 0.113. The number of carbonyl (C=O) groups excluding carboxylic acids is 1. The molecule has 4 heteroatoms. The van der Waals surface area contributed by atoms with Crippen LogP contribution in [-0.2, 0) is 4.79 Å². The van der Waals surface area contributed by atoms with Gasteiger partial charge in [-0.15, -0.1) is 0 Å². The van der Waals surface area contributed by atoms with Crippen molar-refractivity contribution in [1.29, 1.82) is 0 Å². The first-order valence-electron chi connectivity index (χ1n) is 9.91. The van der Waals surface area contributed by atoms with Gasteiger partial charge in [0.15, 0.2) is 0 Å². The van der Waals surface area contributed by atoms with Crippen LogP contribution in [0.3, 0.4) is 0 Å². The molecule has 2 saturated heterocycles. The summed E-state index contributed by atoms with van der Waals surface area (Å²) in [7, 11) is 0. The molecule has 0 unspecified atom stereocenters. The largest absolute Gasteiger partial charge is 0.343 e. The van der Waals surface area contributed by atoms with Crippen molar-refractivity contribution in [1.82, 2.24) is 9.80 Å². The van der Waals surface area contributed by atoms with E-state index in [4.69, 9.17) is 5.73 Å². The molecular weight excluding hydrogens is 286 g/mol. The number of hydrogen-bond acceptors (Lipinski definition) is 3. The quantitative estimate of drug-likeness (QED) is 0.847. The van der Waals surface area contributed by atoms with Crippen molar-refractivity contribution in [2.75, 3.05) is 39.3 Å². The van der Waals surface area contributed by atoms with Crippen LogP contribution >= 0.6 is 0 Å². The summed E-state index contributed by atoms with van der Waals surface area (Å²) in [6.45, 7) is 6.46. The zero-order valence-electron chi connectivity index (χ0n) is 14.8. The summed E-state index contributed by atoms with van der Waals surface area (Å²) in [5.74, 6) is 1.17. The van der Waals surface area contributed by atoms with Gasteiger partial charge in [-0.1, -0.05) is 19.3 Å². The molecule has 3 rings (SSSR count). The standard InChI is InChI=1S/C19H35N3O/c20-16-19(8-2-1-3-9-19)14-18(23)22-12-6-17(7-13-22)15-21-10-4-5-11-21/h17H,1-16,20H2. The first-order valence-corrected chi connectivity index (χ1v) is 9.91. The highest BCUT2D eigenvalue weighted by Gasteiger charge is 2.35. The molecule has 0 radical (unpaired) electrons. The Morgan fingerprint density at radius 1 is 0.957 bits per heavy atom.